The molecule has 0 saturated heterocycles. The molecular formula is H4Cl3N2Y. The molecule has 0 amide bonds. The van der Waals surface area contributed by atoms with E-state index >= 15 is 0 Å². The first kappa shape index (κ1) is 44.8. The van der Waals surface area contributed by atoms with E-state index in [0.717, 1.165) is 0 Å². The van der Waals surface area contributed by atoms with Gasteiger partial charge in [-0.2, -0.15) is 0 Å². The van der Waals surface area contributed by atoms with Crippen LogP contribution in [0.3, 0.4) is 0 Å². The van der Waals surface area contributed by atoms with Crippen molar-refractivity contribution in [2.24, 2.45) is 11.7 Å². The van der Waals surface area contributed by atoms with Crippen molar-refractivity contribution in [1.82, 2.24) is 0 Å². The summed E-state index contributed by atoms with van der Waals surface area (Å²) >= 11 is 0. The first-order chi connectivity index (χ1) is 1.00. The summed E-state index contributed by atoms with van der Waals surface area (Å²) in [5, 5.41) is 0. The maximum Gasteiger partial charge on any atom is 3.00 e. The van der Waals surface area contributed by atoms with Crippen molar-refractivity contribution in [3.8, 4) is 0 Å². The van der Waals surface area contributed by atoms with Crippen LogP contribution in [0.2, 0.25) is 0 Å². The molecular weight excluding hydrogens is 223 g/mol. The third-order valence-electron chi connectivity index (χ3n) is 0. The van der Waals surface area contributed by atoms with Gasteiger partial charge < -0.3 is 37.2 Å². The second-order valence-corrected chi connectivity index (χ2v) is 0. The smallest absolute Gasteiger partial charge is 1.00 e. The molecule has 0 bridgehead atoms. The molecule has 0 aliphatic rings. The molecule has 2 nitrogen and oxygen atoms in total. The predicted octanol–water partition coefficient (Wildman–Crippen LogP) is -10.2. The van der Waals surface area contributed by atoms with Crippen LogP contribution in [0.4, 0.5) is 0 Å². The molecule has 0 atom stereocenters. The van der Waals surface area contributed by atoms with Crippen molar-refractivity contribution in [2.45, 2.75) is 0 Å². The first-order valence-corrected chi connectivity index (χ1v) is 0.333. The van der Waals surface area contributed by atoms with Crippen LogP contribution >= 0.6 is 0 Å². The topological polar surface area (TPSA) is 52.0 Å². The third kappa shape index (κ3) is 39.4. The van der Waals surface area contributed by atoms with Gasteiger partial charge in [-0.3, -0.25) is 11.7 Å². The van der Waals surface area contributed by atoms with E-state index in [1.807, 2.05) is 0 Å². The summed E-state index contributed by atoms with van der Waals surface area (Å²) in [6.07, 6.45) is 0. The minimum atomic E-state index is 0. The molecule has 0 fully saturated rings. The number of hydrazine groups is 1. The van der Waals surface area contributed by atoms with E-state index in [1.165, 1.54) is 0 Å². The molecule has 0 heterocycles. The van der Waals surface area contributed by atoms with Gasteiger partial charge in [0.1, 0.15) is 0 Å². The molecule has 0 unspecified atom stereocenters. The average molecular weight is 227 g/mol. The summed E-state index contributed by atoms with van der Waals surface area (Å²) in [5.74, 6) is 8.00. The van der Waals surface area contributed by atoms with E-state index in [1.54, 1.807) is 0 Å². The summed E-state index contributed by atoms with van der Waals surface area (Å²) in [4.78, 5) is 0. The second-order valence-electron chi connectivity index (χ2n) is 0. The van der Waals surface area contributed by atoms with E-state index < -0.39 is 0 Å². The zero-order valence-electron chi connectivity index (χ0n) is 2.87. The monoisotopic (exact) mass is 226 g/mol. The first-order valence-electron chi connectivity index (χ1n) is 0.333. The molecule has 0 aromatic rings. The van der Waals surface area contributed by atoms with Crippen molar-refractivity contribution in [3.05, 3.63) is 0 Å². The molecule has 4 N–H and O–H groups in total. The Morgan fingerprint density at radius 2 is 0.667 bits per heavy atom. The Morgan fingerprint density at radius 1 is 0.667 bits per heavy atom. The van der Waals surface area contributed by atoms with Crippen LogP contribution in [-0.2, 0) is 32.7 Å². The Morgan fingerprint density at radius 3 is 0.667 bits per heavy atom. The van der Waals surface area contributed by atoms with Crippen LogP contribution < -0.4 is 48.9 Å². The molecule has 0 radical (unpaired) electrons. The molecule has 0 saturated carbocycles. The molecule has 0 aliphatic carbocycles. The molecule has 0 aromatic heterocycles. The average Bonchev–Trinajstić information content (AvgIpc) is 1.00. The van der Waals surface area contributed by atoms with Crippen LogP contribution in [0.15, 0.2) is 0 Å². The van der Waals surface area contributed by atoms with Crippen molar-refractivity contribution in [1.29, 1.82) is 0 Å². The normalized spacial score (nSPS) is 1.00. The van der Waals surface area contributed by atoms with E-state index in [0.29, 0.717) is 0 Å². The van der Waals surface area contributed by atoms with E-state index in [2.05, 4.69) is 11.7 Å². The standard InChI is InChI=1S/3ClH.H4N2.Y/c;;;1-2;/h3*1H;1-2H2;/q;;;;+3/p-3. The van der Waals surface area contributed by atoms with Crippen molar-refractivity contribution >= 4 is 0 Å². The maximum atomic E-state index is 4.00. The van der Waals surface area contributed by atoms with Gasteiger partial charge in [-0.05, 0) is 0 Å². The van der Waals surface area contributed by atoms with Gasteiger partial charge in [-0.15, -0.1) is 0 Å². The maximum absolute atomic E-state index is 4.00. The molecule has 0 aromatic carbocycles. The number of hydrogen-bond acceptors (Lipinski definition) is 2. The summed E-state index contributed by atoms with van der Waals surface area (Å²) in [6, 6.07) is 0. The van der Waals surface area contributed by atoms with Gasteiger partial charge in [0.2, 0.25) is 0 Å². The minimum absolute atomic E-state index is 0. The number of hydrogen-bond donors (Lipinski definition) is 2. The van der Waals surface area contributed by atoms with Crippen molar-refractivity contribution in [2.75, 3.05) is 0 Å². The Bertz CT molecular complexity index is 8.75. The van der Waals surface area contributed by atoms with Gasteiger partial charge in [-0.1, -0.05) is 0 Å². The fourth-order valence-corrected chi connectivity index (χ4v) is 0. The van der Waals surface area contributed by atoms with Crippen LogP contribution in [-0.4, -0.2) is 0 Å². The van der Waals surface area contributed by atoms with Crippen molar-refractivity contribution in [3.63, 3.8) is 0 Å². The Hall–Kier alpha value is 1.89. The van der Waals surface area contributed by atoms with Crippen molar-refractivity contribution < 1.29 is 69.9 Å². The SMILES string of the molecule is NN.[Cl-].[Cl-].[Cl-].[Y+3]. The zero-order chi connectivity index (χ0) is 2.00. The van der Waals surface area contributed by atoms with Crippen LogP contribution in [0, 0.1) is 0 Å². The van der Waals surface area contributed by atoms with Crippen LogP contribution in [0.1, 0.15) is 0 Å². The van der Waals surface area contributed by atoms with Gasteiger partial charge in [0.05, 0.1) is 0 Å². The van der Waals surface area contributed by atoms with Gasteiger partial charge in [-0.25, -0.2) is 0 Å². The zero-order valence-corrected chi connectivity index (χ0v) is 7.97. The number of nitrogens with two attached hydrogens (primary N) is 2. The number of halogens is 3. The van der Waals surface area contributed by atoms with Gasteiger partial charge in [0.25, 0.3) is 0 Å². The summed E-state index contributed by atoms with van der Waals surface area (Å²) in [6.45, 7) is 0. The Balaban J connectivity index is -0.000000000833. The van der Waals surface area contributed by atoms with Crippen LogP contribution in [0.25, 0.3) is 0 Å². The molecule has 0 rings (SSSR count). The van der Waals surface area contributed by atoms with Gasteiger partial charge in [0, 0.05) is 0 Å². The number of rotatable bonds is 0. The van der Waals surface area contributed by atoms with Crippen LogP contribution in [0.5, 0.6) is 0 Å². The third-order valence-corrected chi connectivity index (χ3v) is 0. The van der Waals surface area contributed by atoms with Gasteiger partial charge in [0.15, 0.2) is 0 Å². The molecule has 38 valence electrons. The fraction of sp³-hybridized carbons (Fsp3) is 0. The molecule has 0 spiro atoms. The fourth-order valence-electron chi connectivity index (χ4n) is 0. The predicted molar refractivity (Wildman–Crippen MR) is 8.37 cm³/mol. The molecule has 6 heavy (non-hydrogen) atoms. The quantitative estimate of drug-likeness (QED) is 0.319. The summed E-state index contributed by atoms with van der Waals surface area (Å²) in [7, 11) is 0. The summed E-state index contributed by atoms with van der Waals surface area (Å²) in [5.41, 5.74) is 0. The Kier molecular flexibility index (Phi) is 498. The molecule has 6 heteroatoms. The van der Waals surface area contributed by atoms with E-state index in [9.17, 15) is 0 Å². The van der Waals surface area contributed by atoms with Gasteiger partial charge >= 0.3 is 32.7 Å². The summed E-state index contributed by atoms with van der Waals surface area (Å²) < 4.78 is 0. The molecule has 0 aliphatic heterocycles. The minimum Gasteiger partial charge on any atom is -1.00 e. The largest absolute Gasteiger partial charge is 3.00 e. The van der Waals surface area contributed by atoms with E-state index in [-0.39, 0.29) is 69.9 Å². The van der Waals surface area contributed by atoms with E-state index in [4.69, 9.17) is 0 Å². The Labute approximate surface area is 80.9 Å². The second kappa shape index (κ2) is 66.8.